The van der Waals surface area contributed by atoms with Crippen molar-refractivity contribution in [3.8, 4) is 0 Å². The van der Waals surface area contributed by atoms with Crippen molar-refractivity contribution in [1.29, 1.82) is 0 Å². The van der Waals surface area contributed by atoms with E-state index in [1.165, 1.54) is 23.1 Å². The van der Waals surface area contributed by atoms with Crippen LogP contribution in [0.2, 0.25) is 0 Å². The monoisotopic (exact) mass is 462 g/mol. The Morgan fingerprint density at radius 3 is 2.76 bits per heavy atom. The maximum Gasteiger partial charge on any atom is 0.339 e. The molecule has 4 aromatic rings. The molecule has 10 heteroatoms. The zero-order valence-electron chi connectivity index (χ0n) is 18.2. The first-order valence-corrected chi connectivity index (χ1v) is 10.6. The van der Waals surface area contributed by atoms with Gasteiger partial charge in [-0.3, -0.25) is 9.48 Å². The number of hydrogen-bond donors (Lipinski definition) is 1. The van der Waals surface area contributed by atoms with Crippen LogP contribution in [0.3, 0.4) is 0 Å². The smallest absolute Gasteiger partial charge is 0.339 e. The first-order chi connectivity index (χ1) is 16.4. The summed E-state index contributed by atoms with van der Waals surface area (Å²) in [6, 6.07) is 9.58. The highest BCUT2D eigenvalue weighted by molar-refractivity contribution is 6.14. The van der Waals surface area contributed by atoms with Gasteiger partial charge in [0.15, 0.2) is 5.78 Å². The number of benzene rings is 2. The lowest BCUT2D eigenvalue weighted by Crippen LogP contribution is -2.35. The summed E-state index contributed by atoms with van der Waals surface area (Å²) < 4.78 is 26.2. The van der Waals surface area contributed by atoms with Crippen LogP contribution < -0.4 is 10.9 Å². The lowest BCUT2D eigenvalue weighted by Gasteiger charge is -2.34. The second-order valence-corrected chi connectivity index (χ2v) is 7.85. The van der Waals surface area contributed by atoms with E-state index in [1.807, 2.05) is 0 Å². The van der Waals surface area contributed by atoms with Gasteiger partial charge >= 0.3 is 11.6 Å². The molecule has 2 aromatic heterocycles. The van der Waals surface area contributed by atoms with Gasteiger partial charge in [-0.05, 0) is 42.8 Å². The molecule has 0 aliphatic carbocycles. The minimum absolute atomic E-state index is 0.0379. The lowest BCUT2D eigenvalue weighted by atomic mass is 9.80. The van der Waals surface area contributed by atoms with Crippen LogP contribution in [-0.4, -0.2) is 33.1 Å². The molecule has 2 aromatic carbocycles. The number of nitrogens with one attached hydrogen (secondary N) is 1. The van der Waals surface area contributed by atoms with E-state index < -0.39 is 35.2 Å². The zero-order valence-corrected chi connectivity index (χ0v) is 18.2. The van der Waals surface area contributed by atoms with Gasteiger partial charge in [-0.1, -0.05) is 6.07 Å². The summed E-state index contributed by atoms with van der Waals surface area (Å²) in [5.41, 5.74) is 0.659. The Balaban J connectivity index is 1.71. The molecule has 0 fully saturated rings. The molecular weight excluding hydrogens is 443 g/mol. The van der Waals surface area contributed by atoms with Crippen molar-refractivity contribution in [2.45, 2.75) is 18.9 Å². The van der Waals surface area contributed by atoms with E-state index in [0.29, 0.717) is 22.4 Å². The lowest BCUT2D eigenvalue weighted by molar-refractivity contribution is 0.0521. The number of carbonyl (C=O) groups excluding carboxylic acids is 2. The highest BCUT2D eigenvalue weighted by atomic mass is 19.1. The van der Waals surface area contributed by atoms with Crippen molar-refractivity contribution in [2.75, 3.05) is 11.9 Å². The van der Waals surface area contributed by atoms with E-state index >= 15 is 0 Å². The Labute approximate surface area is 192 Å². The summed E-state index contributed by atoms with van der Waals surface area (Å²) in [7, 11) is 1.66. The van der Waals surface area contributed by atoms with E-state index in [1.54, 1.807) is 38.2 Å². The highest BCUT2D eigenvalue weighted by Crippen LogP contribution is 2.43. The van der Waals surface area contributed by atoms with Crippen LogP contribution in [0.15, 0.2) is 58.0 Å². The average molecular weight is 462 g/mol. The molecule has 2 unspecified atom stereocenters. The first kappa shape index (κ1) is 21.5. The number of Topliss-reactive ketones (excluding diaryl/α,β-unsaturated/α-hetero) is 1. The van der Waals surface area contributed by atoms with Crippen molar-refractivity contribution >= 4 is 28.4 Å². The molecule has 0 radical (unpaired) electrons. The number of aryl methyl sites for hydroxylation is 1. The summed E-state index contributed by atoms with van der Waals surface area (Å²) >= 11 is 0. The number of hydrogen-bond acceptors (Lipinski definition) is 8. The number of anilines is 1. The fourth-order valence-electron chi connectivity index (χ4n) is 4.33. The molecule has 3 heterocycles. The molecule has 0 spiro atoms. The Bertz CT molecular complexity index is 1510. The van der Waals surface area contributed by atoms with E-state index in [4.69, 9.17) is 9.15 Å². The number of nitrogens with zero attached hydrogens (tertiary/aromatic N) is 3. The molecule has 5 rings (SSSR count). The number of esters is 1. The Hall–Kier alpha value is -4.34. The van der Waals surface area contributed by atoms with Gasteiger partial charge in [-0.15, -0.1) is 0 Å². The Morgan fingerprint density at radius 2 is 2.03 bits per heavy atom. The van der Waals surface area contributed by atoms with Crippen LogP contribution in [0.5, 0.6) is 0 Å². The third kappa shape index (κ3) is 3.53. The SMILES string of the molecule is CCOC(=O)c1cc(F)cc2c1C(=O)C(c1ncnn1C)C(c1ccc3oc(=O)ccc3c1)N2. The molecule has 34 heavy (non-hydrogen) atoms. The molecule has 0 amide bonds. The summed E-state index contributed by atoms with van der Waals surface area (Å²) in [6.45, 7) is 1.71. The van der Waals surface area contributed by atoms with Crippen LogP contribution in [-0.2, 0) is 11.8 Å². The predicted octanol–water partition coefficient (Wildman–Crippen LogP) is 3.37. The molecule has 0 saturated heterocycles. The maximum absolute atomic E-state index is 14.5. The van der Waals surface area contributed by atoms with Crippen LogP contribution in [0.1, 0.15) is 51.0 Å². The van der Waals surface area contributed by atoms with Gasteiger partial charge in [0, 0.05) is 24.2 Å². The van der Waals surface area contributed by atoms with Crippen LogP contribution >= 0.6 is 0 Å². The largest absolute Gasteiger partial charge is 0.462 e. The average Bonchev–Trinajstić information content (AvgIpc) is 3.23. The second kappa shape index (κ2) is 8.22. The number of halogens is 1. The van der Waals surface area contributed by atoms with Crippen molar-refractivity contribution in [3.05, 3.63) is 87.5 Å². The third-order valence-corrected chi connectivity index (χ3v) is 5.80. The number of rotatable bonds is 4. The molecule has 1 aliphatic heterocycles. The fraction of sp³-hybridized carbons (Fsp3) is 0.208. The topological polar surface area (TPSA) is 116 Å². The van der Waals surface area contributed by atoms with Gasteiger partial charge in [0.05, 0.1) is 23.8 Å². The van der Waals surface area contributed by atoms with Crippen molar-refractivity contribution in [3.63, 3.8) is 0 Å². The number of aromatic nitrogens is 3. The fourth-order valence-corrected chi connectivity index (χ4v) is 4.33. The van der Waals surface area contributed by atoms with E-state index in [2.05, 4.69) is 15.4 Å². The number of carbonyl (C=O) groups is 2. The Morgan fingerprint density at radius 1 is 1.21 bits per heavy atom. The second-order valence-electron chi connectivity index (χ2n) is 7.85. The maximum atomic E-state index is 14.5. The molecule has 172 valence electrons. The number of ether oxygens (including phenoxy) is 1. The van der Waals surface area contributed by atoms with Gasteiger partial charge in [-0.2, -0.15) is 5.10 Å². The van der Waals surface area contributed by atoms with Crippen LogP contribution in [0.25, 0.3) is 11.0 Å². The standard InChI is InChI=1S/C24H19FN4O5/c1-3-33-24(32)15-9-14(25)10-16-19(15)22(31)20(23-26-11-27-29(23)2)21(28-16)13-4-6-17-12(8-13)5-7-18(30)34-17/h4-11,20-21,28H,3H2,1-2H3. The molecule has 0 bridgehead atoms. The number of ketones is 1. The summed E-state index contributed by atoms with van der Waals surface area (Å²) in [5, 5.41) is 7.97. The quantitative estimate of drug-likeness (QED) is 0.363. The highest BCUT2D eigenvalue weighted by Gasteiger charge is 2.42. The first-order valence-electron chi connectivity index (χ1n) is 10.6. The van der Waals surface area contributed by atoms with Gasteiger partial charge < -0.3 is 14.5 Å². The summed E-state index contributed by atoms with van der Waals surface area (Å²) in [6.07, 6.45) is 1.33. The molecular formula is C24H19FN4O5. The third-order valence-electron chi connectivity index (χ3n) is 5.80. The minimum Gasteiger partial charge on any atom is -0.462 e. The molecule has 9 nitrogen and oxygen atoms in total. The van der Waals surface area contributed by atoms with Crippen molar-refractivity contribution in [1.82, 2.24) is 14.8 Å². The molecule has 2 atom stereocenters. The van der Waals surface area contributed by atoms with Crippen molar-refractivity contribution in [2.24, 2.45) is 7.05 Å². The normalized spacial score (nSPS) is 17.3. The summed E-state index contributed by atoms with van der Waals surface area (Å²) in [5.74, 6) is -2.40. The van der Waals surface area contributed by atoms with E-state index in [-0.39, 0.29) is 23.4 Å². The van der Waals surface area contributed by atoms with Crippen LogP contribution in [0, 0.1) is 5.82 Å². The summed E-state index contributed by atoms with van der Waals surface area (Å²) in [4.78, 5) is 42.3. The van der Waals surface area contributed by atoms with Gasteiger partial charge in [-0.25, -0.2) is 19.0 Å². The van der Waals surface area contributed by atoms with Gasteiger partial charge in [0.2, 0.25) is 0 Å². The Kier molecular flexibility index (Phi) is 5.20. The molecule has 1 aliphatic rings. The molecule has 1 N–H and O–H groups in total. The van der Waals surface area contributed by atoms with Gasteiger partial charge in [0.25, 0.3) is 0 Å². The minimum atomic E-state index is -0.883. The van der Waals surface area contributed by atoms with E-state index in [9.17, 15) is 18.8 Å². The van der Waals surface area contributed by atoms with Crippen LogP contribution in [0.4, 0.5) is 10.1 Å². The zero-order chi connectivity index (χ0) is 24.0. The van der Waals surface area contributed by atoms with Gasteiger partial charge in [0.1, 0.15) is 29.5 Å². The molecule has 0 saturated carbocycles. The van der Waals surface area contributed by atoms with Crippen molar-refractivity contribution < 1.29 is 23.1 Å². The van der Waals surface area contributed by atoms with E-state index in [0.717, 1.165) is 6.07 Å². The predicted molar refractivity (Wildman–Crippen MR) is 119 cm³/mol. The number of fused-ring (bicyclic) bond motifs is 2.